The number of nitrogens with zero attached hydrogens (tertiary/aromatic N) is 3. The second-order valence-electron chi connectivity index (χ2n) is 7.55. The van der Waals surface area contributed by atoms with Crippen LogP contribution in [0.25, 0.3) is 0 Å². The predicted molar refractivity (Wildman–Crippen MR) is 107 cm³/mol. The summed E-state index contributed by atoms with van der Waals surface area (Å²) in [6.45, 7) is 5.94. The average molecular weight is 398 g/mol. The van der Waals surface area contributed by atoms with Gasteiger partial charge in [-0.1, -0.05) is 0 Å². The molecule has 0 saturated carbocycles. The van der Waals surface area contributed by atoms with E-state index in [2.05, 4.69) is 15.2 Å². The maximum absolute atomic E-state index is 11.8. The lowest BCUT2D eigenvalue weighted by atomic mass is 10.1. The first-order chi connectivity index (χ1) is 14.0. The molecule has 29 heavy (non-hydrogen) atoms. The number of carbonyl (C=O) groups is 1. The Bertz CT molecular complexity index is 879. The highest BCUT2D eigenvalue weighted by molar-refractivity contribution is 5.98. The number of aliphatic hydroxyl groups is 1. The number of aliphatic hydroxyl groups excluding tert-OH is 1. The number of pyridine rings is 2. The first-order valence-corrected chi connectivity index (χ1v) is 9.97. The quantitative estimate of drug-likeness (QED) is 0.766. The molecule has 0 bridgehead atoms. The van der Waals surface area contributed by atoms with Crippen LogP contribution in [0.2, 0.25) is 0 Å². The van der Waals surface area contributed by atoms with Crippen LogP contribution in [0, 0.1) is 6.92 Å². The molecule has 1 atom stereocenters. The average Bonchev–Trinajstić information content (AvgIpc) is 3.09. The molecule has 2 aliphatic heterocycles. The summed E-state index contributed by atoms with van der Waals surface area (Å²) < 4.78 is 11.5. The zero-order valence-corrected chi connectivity index (χ0v) is 16.7. The molecule has 0 unspecified atom stereocenters. The SMILES string of the molecule is Cc1cc2c(nc1N1CCC(Oc3ccc(O[C@@H](C)CO)nc3)CC1)CNC2=O. The van der Waals surface area contributed by atoms with Crippen molar-refractivity contribution in [1.82, 2.24) is 15.3 Å². The van der Waals surface area contributed by atoms with Gasteiger partial charge in [0.2, 0.25) is 5.88 Å². The van der Waals surface area contributed by atoms with Crippen molar-refractivity contribution in [1.29, 1.82) is 0 Å². The van der Waals surface area contributed by atoms with Crippen LogP contribution in [0.1, 0.15) is 41.4 Å². The Kier molecular flexibility index (Phi) is 5.53. The number of carbonyl (C=O) groups excluding carboxylic acids is 1. The van der Waals surface area contributed by atoms with Crippen LogP contribution >= 0.6 is 0 Å². The van der Waals surface area contributed by atoms with Gasteiger partial charge < -0.3 is 24.8 Å². The summed E-state index contributed by atoms with van der Waals surface area (Å²) in [5, 5.41) is 11.9. The fraction of sp³-hybridized carbons (Fsp3) is 0.476. The molecule has 8 nitrogen and oxygen atoms in total. The summed E-state index contributed by atoms with van der Waals surface area (Å²) in [5.74, 6) is 2.11. The van der Waals surface area contributed by atoms with Crippen molar-refractivity contribution in [2.24, 2.45) is 0 Å². The number of rotatable bonds is 6. The van der Waals surface area contributed by atoms with E-state index in [1.165, 1.54) is 0 Å². The molecule has 0 radical (unpaired) electrons. The van der Waals surface area contributed by atoms with Crippen LogP contribution in [0.5, 0.6) is 11.6 Å². The Labute approximate surface area is 169 Å². The normalized spacial score (nSPS) is 17.6. The number of ether oxygens (including phenoxy) is 2. The third-order valence-corrected chi connectivity index (χ3v) is 5.26. The number of aryl methyl sites for hydroxylation is 1. The van der Waals surface area contributed by atoms with Crippen LogP contribution < -0.4 is 19.7 Å². The smallest absolute Gasteiger partial charge is 0.253 e. The zero-order chi connectivity index (χ0) is 20.4. The topological polar surface area (TPSA) is 96.8 Å². The Morgan fingerprint density at radius 1 is 1.34 bits per heavy atom. The minimum Gasteiger partial charge on any atom is -0.489 e. The molecular formula is C21H26N4O4. The monoisotopic (exact) mass is 398 g/mol. The fourth-order valence-electron chi connectivity index (χ4n) is 3.68. The third kappa shape index (κ3) is 4.27. The maximum atomic E-state index is 11.8. The van der Waals surface area contributed by atoms with E-state index in [4.69, 9.17) is 19.6 Å². The molecule has 0 spiro atoms. The Morgan fingerprint density at radius 3 is 2.83 bits per heavy atom. The summed E-state index contributed by atoms with van der Waals surface area (Å²) in [6, 6.07) is 5.54. The molecule has 1 fully saturated rings. The van der Waals surface area contributed by atoms with Gasteiger partial charge in [-0.2, -0.15) is 0 Å². The van der Waals surface area contributed by atoms with Crippen LogP contribution in [-0.4, -0.2) is 52.9 Å². The number of hydrogen-bond acceptors (Lipinski definition) is 7. The van der Waals surface area contributed by atoms with E-state index in [0.29, 0.717) is 23.7 Å². The molecule has 0 aromatic carbocycles. The summed E-state index contributed by atoms with van der Waals surface area (Å²) in [5.41, 5.74) is 2.55. The fourth-order valence-corrected chi connectivity index (χ4v) is 3.68. The van der Waals surface area contributed by atoms with Crippen molar-refractivity contribution in [3.8, 4) is 11.6 Å². The Morgan fingerprint density at radius 2 is 2.14 bits per heavy atom. The summed E-state index contributed by atoms with van der Waals surface area (Å²) in [6.07, 6.45) is 3.25. The predicted octanol–water partition coefficient (Wildman–Crippen LogP) is 1.84. The number of amides is 1. The molecular weight excluding hydrogens is 372 g/mol. The molecule has 2 aromatic heterocycles. The van der Waals surface area contributed by atoms with Gasteiger partial charge in [-0.05, 0) is 31.5 Å². The van der Waals surface area contributed by atoms with Crippen molar-refractivity contribution in [2.45, 2.75) is 45.4 Å². The van der Waals surface area contributed by atoms with Gasteiger partial charge in [0, 0.05) is 32.0 Å². The van der Waals surface area contributed by atoms with Crippen LogP contribution in [0.15, 0.2) is 24.4 Å². The van der Waals surface area contributed by atoms with Gasteiger partial charge in [-0.3, -0.25) is 4.79 Å². The standard InChI is InChI=1S/C21H26N4O4/c1-13-9-17-18(11-23-21(17)27)24-20(13)25-7-5-15(6-8-25)29-16-3-4-19(22-10-16)28-14(2)12-26/h3-4,9-10,14-15,26H,5-8,11-12H2,1-2H3,(H,23,27)/t14-/m0/s1. The summed E-state index contributed by atoms with van der Waals surface area (Å²) in [4.78, 5) is 23.0. The molecule has 4 heterocycles. The molecule has 1 amide bonds. The second kappa shape index (κ2) is 8.24. The number of hydrogen-bond donors (Lipinski definition) is 2. The van der Waals surface area contributed by atoms with Gasteiger partial charge in [0.15, 0.2) is 0 Å². The van der Waals surface area contributed by atoms with Crippen molar-refractivity contribution in [3.05, 3.63) is 41.2 Å². The molecule has 2 aromatic rings. The summed E-state index contributed by atoms with van der Waals surface area (Å²) in [7, 11) is 0. The van der Waals surface area contributed by atoms with E-state index in [1.54, 1.807) is 19.2 Å². The Balaban J connectivity index is 1.34. The number of nitrogens with one attached hydrogen (secondary N) is 1. The first kappa shape index (κ1) is 19.4. The van der Waals surface area contributed by atoms with E-state index in [1.807, 2.05) is 19.1 Å². The minimum absolute atomic E-state index is 0.0369. The number of fused-ring (bicyclic) bond motifs is 1. The lowest BCUT2D eigenvalue weighted by Gasteiger charge is -2.33. The summed E-state index contributed by atoms with van der Waals surface area (Å²) >= 11 is 0. The van der Waals surface area contributed by atoms with Crippen LogP contribution in [0.4, 0.5) is 5.82 Å². The number of piperidine rings is 1. The van der Waals surface area contributed by atoms with Gasteiger partial charge in [-0.25, -0.2) is 9.97 Å². The van der Waals surface area contributed by atoms with Gasteiger partial charge in [0.05, 0.1) is 30.6 Å². The van der Waals surface area contributed by atoms with Gasteiger partial charge in [0.1, 0.15) is 23.8 Å². The molecule has 4 rings (SSSR count). The maximum Gasteiger partial charge on any atom is 0.253 e. The third-order valence-electron chi connectivity index (χ3n) is 5.26. The molecule has 2 N–H and O–H groups in total. The number of aromatic nitrogens is 2. The number of anilines is 1. The highest BCUT2D eigenvalue weighted by Gasteiger charge is 2.26. The zero-order valence-electron chi connectivity index (χ0n) is 16.7. The molecule has 8 heteroatoms. The van der Waals surface area contributed by atoms with E-state index < -0.39 is 0 Å². The van der Waals surface area contributed by atoms with E-state index in [-0.39, 0.29) is 24.7 Å². The highest BCUT2D eigenvalue weighted by Crippen LogP contribution is 2.27. The van der Waals surface area contributed by atoms with E-state index in [0.717, 1.165) is 43.0 Å². The van der Waals surface area contributed by atoms with Crippen molar-refractivity contribution >= 4 is 11.7 Å². The lowest BCUT2D eigenvalue weighted by molar-refractivity contribution is 0.0965. The van der Waals surface area contributed by atoms with Crippen molar-refractivity contribution in [2.75, 3.05) is 24.6 Å². The Hall–Kier alpha value is -2.87. The minimum atomic E-state index is -0.288. The van der Waals surface area contributed by atoms with Crippen LogP contribution in [0.3, 0.4) is 0 Å². The molecule has 1 saturated heterocycles. The first-order valence-electron chi connectivity index (χ1n) is 9.97. The molecule has 154 valence electrons. The van der Waals surface area contributed by atoms with Gasteiger partial charge >= 0.3 is 0 Å². The van der Waals surface area contributed by atoms with Crippen molar-refractivity contribution in [3.63, 3.8) is 0 Å². The largest absolute Gasteiger partial charge is 0.489 e. The highest BCUT2D eigenvalue weighted by atomic mass is 16.5. The lowest BCUT2D eigenvalue weighted by Crippen LogP contribution is -2.39. The second-order valence-corrected chi connectivity index (χ2v) is 7.55. The molecule has 2 aliphatic rings. The van der Waals surface area contributed by atoms with Gasteiger partial charge in [0.25, 0.3) is 5.91 Å². The van der Waals surface area contributed by atoms with E-state index in [9.17, 15) is 4.79 Å². The van der Waals surface area contributed by atoms with Crippen LogP contribution in [-0.2, 0) is 6.54 Å². The van der Waals surface area contributed by atoms with E-state index >= 15 is 0 Å². The molecule has 0 aliphatic carbocycles. The van der Waals surface area contributed by atoms with Crippen molar-refractivity contribution < 1.29 is 19.4 Å². The van der Waals surface area contributed by atoms with Gasteiger partial charge in [-0.15, -0.1) is 0 Å².